The van der Waals surface area contributed by atoms with Crippen molar-refractivity contribution in [1.82, 2.24) is 10.6 Å². The first-order chi connectivity index (χ1) is 10.1. The van der Waals surface area contributed by atoms with Crippen molar-refractivity contribution in [3.63, 3.8) is 0 Å². The summed E-state index contributed by atoms with van der Waals surface area (Å²) >= 11 is 0. The summed E-state index contributed by atoms with van der Waals surface area (Å²) in [5, 5.41) is 5.25. The summed E-state index contributed by atoms with van der Waals surface area (Å²) in [6, 6.07) is 6.86. The standard InChI is InChI=1S/C16H22N2O3/c1-4-17-16(20)12(3)18-15(19)11-8-13-6-9-14(10-7-13)21-5-2/h6-12H,4-5H2,1-3H3,(H,17,20)(H,18,19)/b11-8+/t12-/m1/s1. The van der Waals surface area contributed by atoms with Gasteiger partial charge < -0.3 is 15.4 Å². The molecule has 21 heavy (non-hydrogen) atoms. The molecule has 0 saturated carbocycles. The van der Waals surface area contributed by atoms with Gasteiger partial charge in [-0.3, -0.25) is 9.59 Å². The first-order valence-corrected chi connectivity index (χ1v) is 7.06. The number of benzene rings is 1. The van der Waals surface area contributed by atoms with Crippen molar-refractivity contribution in [3.05, 3.63) is 35.9 Å². The van der Waals surface area contributed by atoms with Crippen LogP contribution < -0.4 is 15.4 Å². The maximum absolute atomic E-state index is 11.7. The van der Waals surface area contributed by atoms with Gasteiger partial charge in [0.05, 0.1) is 6.61 Å². The number of carbonyl (C=O) groups is 2. The molecule has 0 saturated heterocycles. The van der Waals surface area contributed by atoms with Gasteiger partial charge in [0.1, 0.15) is 11.8 Å². The summed E-state index contributed by atoms with van der Waals surface area (Å²) in [6.07, 6.45) is 3.10. The summed E-state index contributed by atoms with van der Waals surface area (Å²) in [6.45, 7) is 6.57. The highest BCUT2D eigenvalue weighted by Crippen LogP contribution is 2.12. The van der Waals surface area contributed by atoms with Crippen LogP contribution in [0.1, 0.15) is 26.3 Å². The van der Waals surface area contributed by atoms with Gasteiger partial charge in [-0.15, -0.1) is 0 Å². The summed E-state index contributed by atoms with van der Waals surface area (Å²) in [5.41, 5.74) is 0.888. The van der Waals surface area contributed by atoms with Gasteiger partial charge in [-0.1, -0.05) is 12.1 Å². The minimum absolute atomic E-state index is 0.194. The van der Waals surface area contributed by atoms with Crippen LogP contribution in [0.25, 0.3) is 6.08 Å². The predicted molar refractivity (Wildman–Crippen MR) is 82.9 cm³/mol. The lowest BCUT2D eigenvalue weighted by atomic mass is 10.2. The van der Waals surface area contributed by atoms with E-state index in [9.17, 15) is 9.59 Å². The third kappa shape index (κ3) is 6.12. The van der Waals surface area contributed by atoms with E-state index in [1.807, 2.05) is 38.1 Å². The first-order valence-electron chi connectivity index (χ1n) is 7.06. The van der Waals surface area contributed by atoms with Gasteiger partial charge in [-0.2, -0.15) is 0 Å². The molecule has 2 amide bonds. The molecule has 5 heteroatoms. The minimum atomic E-state index is -0.553. The van der Waals surface area contributed by atoms with Crippen LogP contribution in [0.3, 0.4) is 0 Å². The van der Waals surface area contributed by atoms with E-state index in [0.717, 1.165) is 11.3 Å². The smallest absolute Gasteiger partial charge is 0.244 e. The fraction of sp³-hybridized carbons (Fsp3) is 0.375. The van der Waals surface area contributed by atoms with E-state index in [4.69, 9.17) is 4.74 Å². The Labute approximate surface area is 125 Å². The summed E-state index contributed by atoms with van der Waals surface area (Å²) in [5.74, 6) is 0.298. The Hall–Kier alpha value is -2.30. The molecule has 1 atom stereocenters. The van der Waals surface area contributed by atoms with Crippen molar-refractivity contribution >= 4 is 17.9 Å². The largest absolute Gasteiger partial charge is 0.494 e. The minimum Gasteiger partial charge on any atom is -0.494 e. The van der Waals surface area contributed by atoms with E-state index in [1.54, 1.807) is 13.0 Å². The average Bonchev–Trinajstić information content (AvgIpc) is 2.47. The number of hydrogen-bond acceptors (Lipinski definition) is 3. The highest BCUT2D eigenvalue weighted by Gasteiger charge is 2.12. The Morgan fingerprint density at radius 1 is 1.24 bits per heavy atom. The summed E-state index contributed by atoms with van der Waals surface area (Å²) in [7, 11) is 0. The van der Waals surface area contributed by atoms with Gasteiger partial charge in [-0.25, -0.2) is 0 Å². The second-order valence-corrected chi connectivity index (χ2v) is 4.46. The third-order valence-electron chi connectivity index (χ3n) is 2.72. The van der Waals surface area contributed by atoms with E-state index < -0.39 is 6.04 Å². The molecule has 0 fully saturated rings. The van der Waals surface area contributed by atoms with E-state index in [2.05, 4.69) is 10.6 Å². The molecule has 0 heterocycles. The summed E-state index contributed by atoms with van der Waals surface area (Å²) in [4.78, 5) is 23.2. The zero-order valence-corrected chi connectivity index (χ0v) is 12.7. The quantitative estimate of drug-likeness (QED) is 0.752. The van der Waals surface area contributed by atoms with E-state index in [-0.39, 0.29) is 11.8 Å². The second-order valence-electron chi connectivity index (χ2n) is 4.46. The van der Waals surface area contributed by atoms with Crippen LogP contribution in [0.15, 0.2) is 30.3 Å². The molecule has 0 aromatic heterocycles. The van der Waals surface area contributed by atoms with Gasteiger partial charge >= 0.3 is 0 Å². The molecular weight excluding hydrogens is 268 g/mol. The maximum Gasteiger partial charge on any atom is 0.244 e. The Morgan fingerprint density at radius 2 is 1.90 bits per heavy atom. The second kappa shape index (κ2) is 8.79. The third-order valence-corrected chi connectivity index (χ3v) is 2.72. The van der Waals surface area contributed by atoms with Crippen LogP contribution >= 0.6 is 0 Å². The number of nitrogens with one attached hydrogen (secondary N) is 2. The zero-order chi connectivity index (χ0) is 15.7. The Bertz CT molecular complexity index is 495. The number of likely N-dealkylation sites (N-methyl/N-ethyl adjacent to an activating group) is 1. The van der Waals surface area contributed by atoms with Crippen LogP contribution in [0.2, 0.25) is 0 Å². The van der Waals surface area contributed by atoms with Crippen LogP contribution in [0.4, 0.5) is 0 Å². The molecule has 0 aliphatic carbocycles. The van der Waals surface area contributed by atoms with Crippen molar-refractivity contribution < 1.29 is 14.3 Å². The van der Waals surface area contributed by atoms with Crippen LogP contribution in [-0.4, -0.2) is 31.0 Å². The number of hydrogen-bond donors (Lipinski definition) is 2. The molecule has 2 N–H and O–H groups in total. The molecule has 0 aliphatic rings. The molecule has 114 valence electrons. The van der Waals surface area contributed by atoms with Crippen molar-refractivity contribution in [1.29, 1.82) is 0 Å². The number of rotatable bonds is 7. The van der Waals surface area contributed by atoms with Gasteiger partial charge in [0, 0.05) is 12.6 Å². The van der Waals surface area contributed by atoms with Crippen LogP contribution in [0.5, 0.6) is 5.75 Å². The molecule has 1 rings (SSSR count). The summed E-state index contributed by atoms with van der Waals surface area (Å²) < 4.78 is 5.34. The zero-order valence-electron chi connectivity index (χ0n) is 12.7. The van der Waals surface area contributed by atoms with E-state index >= 15 is 0 Å². The normalized spacial score (nSPS) is 12.0. The van der Waals surface area contributed by atoms with Crippen molar-refractivity contribution in [2.24, 2.45) is 0 Å². The van der Waals surface area contributed by atoms with Crippen molar-refractivity contribution in [3.8, 4) is 5.75 Å². The molecule has 1 aromatic rings. The monoisotopic (exact) mass is 290 g/mol. The molecule has 0 radical (unpaired) electrons. The van der Waals surface area contributed by atoms with Gasteiger partial charge in [0.15, 0.2) is 0 Å². The maximum atomic E-state index is 11.7. The first kappa shape index (κ1) is 16.8. The molecule has 1 aromatic carbocycles. The van der Waals surface area contributed by atoms with Gasteiger partial charge in [0.25, 0.3) is 0 Å². The Morgan fingerprint density at radius 3 is 2.48 bits per heavy atom. The molecular formula is C16H22N2O3. The number of ether oxygens (including phenoxy) is 1. The fourth-order valence-electron chi connectivity index (χ4n) is 1.67. The predicted octanol–water partition coefficient (Wildman–Crippen LogP) is 1.74. The lowest BCUT2D eigenvalue weighted by Gasteiger charge is -2.11. The van der Waals surface area contributed by atoms with Gasteiger partial charge in [-0.05, 0) is 44.5 Å². The molecule has 0 aliphatic heterocycles. The van der Waals surface area contributed by atoms with E-state index in [1.165, 1.54) is 6.08 Å². The number of carbonyl (C=O) groups excluding carboxylic acids is 2. The highest BCUT2D eigenvalue weighted by atomic mass is 16.5. The fourth-order valence-corrected chi connectivity index (χ4v) is 1.67. The lowest BCUT2D eigenvalue weighted by molar-refractivity contribution is -0.126. The van der Waals surface area contributed by atoms with E-state index in [0.29, 0.717) is 13.2 Å². The van der Waals surface area contributed by atoms with Crippen LogP contribution in [0, 0.1) is 0 Å². The Kier molecular flexibility index (Phi) is 7.01. The van der Waals surface area contributed by atoms with Crippen molar-refractivity contribution in [2.75, 3.05) is 13.2 Å². The Balaban J connectivity index is 2.51. The SMILES string of the molecule is CCNC(=O)[C@@H](C)NC(=O)/C=C/c1ccc(OCC)cc1. The van der Waals surface area contributed by atoms with Crippen molar-refractivity contribution in [2.45, 2.75) is 26.8 Å². The molecule has 0 spiro atoms. The average molecular weight is 290 g/mol. The highest BCUT2D eigenvalue weighted by molar-refractivity contribution is 5.95. The lowest BCUT2D eigenvalue weighted by Crippen LogP contribution is -2.44. The van der Waals surface area contributed by atoms with Gasteiger partial charge in [0.2, 0.25) is 11.8 Å². The molecule has 5 nitrogen and oxygen atoms in total. The molecule has 0 unspecified atom stereocenters. The molecule has 0 bridgehead atoms. The topological polar surface area (TPSA) is 67.4 Å². The van der Waals surface area contributed by atoms with Crippen LogP contribution in [-0.2, 0) is 9.59 Å². The number of amides is 2.